The summed E-state index contributed by atoms with van der Waals surface area (Å²) in [4.78, 5) is 35.3. The van der Waals surface area contributed by atoms with E-state index < -0.39 is 11.9 Å². The largest absolute Gasteiger partial charge is 0.478 e. The number of aliphatic carboxylic acids is 1. The van der Waals surface area contributed by atoms with E-state index in [4.69, 9.17) is 21.1 Å². The highest BCUT2D eigenvalue weighted by atomic mass is 35.5. The summed E-state index contributed by atoms with van der Waals surface area (Å²) < 4.78 is 6.06. The fourth-order valence-electron chi connectivity index (χ4n) is 3.42. The first kappa shape index (κ1) is 19.7. The number of allylic oxidation sites excluding steroid dienone is 1. The van der Waals surface area contributed by atoms with E-state index in [-0.39, 0.29) is 5.43 Å². The maximum atomic E-state index is 12.9. The molecule has 0 radical (unpaired) electrons. The number of anilines is 1. The van der Waals surface area contributed by atoms with Crippen molar-refractivity contribution in [3.8, 4) is 0 Å². The normalized spacial score (nSPS) is 14.4. The van der Waals surface area contributed by atoms with Crippen LogP contribution < -0.4 is 10.7 Å². The Balaban J connectivity index is 1.73. The highest BCUT2D eigenvalue weighted by Gasteiger charge is 2.24. The Kier molecular flexibility index (Phi) is 5.25. The summed E-state index contributed by atoms with van der Waals surface area (Å²) in [5, 5.41) is 12.2. The Hall–Kier alpha value is -3.64. The van der Waals surface area contributed by atoms with Gasteiger partial charge in [-0.1, -0.05) is 29.8 Å². The van der Waals surface area contributed by atoms with Gasteiger partial charge in [0.05, 0.1) is 5.39 Å². The molecule has 0 bridgehead atoms. The Morgan fingerprint density at radius 2 is 1.90 bits per heavy atom. The first-order valence-electron chi connectivity index (χ1n) is 9.19. The van der Waals surface area contributed by atoms with E-state index in [0.717, 1.165) is 23.3 Å². The fourth-order valence-corrected chi connectivity index (χ4v) is 3.61. The third kappa shape index (κ3) is 3.90. The average Bonchev–Trinajstić information content (AvgIpc) is 3.11. The molecule has 1 amide bonds. The lowest BCUT2D eigenvalue weighted by molar-refractivity contribution is -0.131. The molecule has 2 N–H and O–H groups in total. The van der Waals surface area contributed by atoms with Crippen LogP contribution in [0.15, 0.2) is 63.8 Å². The Labute approximate surface area is 176 Å². The molecule has 0 unspecified atom stereocenters. The number of carbonyl (C=O) groups excluding carboxylic acids is 1. The molecule has 7 heteroatoms. The van der Waals surface area contributed by atoms with Crippen molar-refractivity contribution in [1.29, 1.82) is 0 Å². The molecule has 1 aliphatic rings. The molecular weight excluding hydrogens is 406 g/mol. The van der Waals surface area contributed by atoms with Crippen LogP contribution in [0.2, 0.25) is 5.02 Å². The summed E-state index contributed by atoms with van der Waals surface area (Å²) in [5.41, 5.74) is 2.98. The topological polar surface area (TPSA) is 96.6 Å². The molecular formula is C23H16ClNO5. The number of hydrogen-bond acceptors (Lipinski definition) is 4. The van der Waals surface area contributed by atoms with Crippen molar-refractivity contribution >= 4 is 51.8 Å². The molecule has 1 aliphatic carbocycles. The van der Waals surface area contributed by atoms with Gasteiger partial charge in [-0.05, 0) is 48.3 Å². The highest BCUT2D eigenvalue weighted by Crippen LogP contribution is 2.35. The van der Waals surface area contributed by atoms with Crippen molar-refractivity contribution in [3.05, 3.63) is 86.7 Å². The van der Waals surface area contributed by atoms with Crippen molar-refractivity contribution in [2.45, 2.75) is 12.8 Å². The minimum absolute atomic E-state index is 0.0996. The first-order valence-corrected chi connectivity index (χ1v) is 9.57. The van der Waals surface area contributed by atoms with E-state index in [1.165, 1.54) is 0 Å². The monoisotopic (exact) mass is 421 g/mol. The van der Waals surface area contributed by atoms with E-state index in [1.807, 2.05) is 24.3 Å². The van der Waals surface area contributed by atoms with Gasteiger partial charge in [0.25, 0.3) is 0 Å². The van der Waals surface area contributed by atoms with Crippen molar-refractivity contribution in [1.82, 2.24) is 0 Å². The predicted octanol–water partition coefficient (Wildman–Crippen LogP) is 4.51. The number of halogens is 1. The number of rotatable bonds is 4. The van der Waals surface area contributed by atoms with Crippen molar-refractivity contribution in [2.75, 3.05) is 5.32 Å². The molecule has 150 valence electrons. The minimum Gasteiger partial charge on any atom is -0.478 e. The van der Waals surface area contributed by atoms with Crippen LogP contribution in [0.3, 0.4) is 0 Å². The van der Waals surface area contributed by atoms with Gasteiger partial charge in [0.1, 0.15) is 11.3 Å². The Morgan fingerprint density at radius 1 is 1.10 bits per heavy atom. The zero-order chi connectivity index (χ0) is 21.3. The summed E-state index contributed by atoms with van der Waals surface area (Å²) in [6.07, 6.45) is 4.83. The van der Waals surface area contributed by atoms with Gasteiger partial charge in [0, 0.05) is 34.5 Å². The summed E-state index contributed by atoms with van der Waals surface area (Å²) in [6.45, 7) is 0. The number of carboxylic acid groups (broad SMARTS) is 1. The zero-order valence-electron chi connectivity index (χ0n) is 15.6. The lowest BCUT2D eigenvalue weighted by Crippen LogP contribution is -2.11. The van der Waals surface area contributed by atoms with Crippen LogP contribution in [0.5, 0.6) is 0 Å². The van der Waals surface area contributed by atoms with Crippen molar-refractivity contribution in [3.63, 3.8) is 0 Å². The predicted molar refractivity (Wildman–Crippen MR) is 116 cm³/mol. The van der Waals surface area contributed by atoms with Gasteiger partial charge in [-0.3, -0.25) is 9.59 Å². The molecule has 1 heterocycles. The van der Waals surface area contributed by atoms with Crippen LogP contribution >= 0.6 is 11.6 Å². The second-order valence-electron chi connectivity index (χ2n) is 6.80. The summed E-state index contributed by atoms with van der Waals surface area (Å²) >= 11 is 6.25. The molecule has 0 fully saturated rings. The van der Waals surface area contributed by atoms with Gasteiger partial charge in [-0.25, -0.2) is 4.79 Å². The lowest BCUT2D eigenvalue weighted by atomic mass is 10.1. The molecule has 0 aliphatic heterocycles. The number of nitrogens with one attached hydrogen (secondary N) is 1. The van der Waals surface area contributed by atoms with Gasteiger partial charge in [0.15, 0.2) is 5.43 Å². The molecule has 2 aromatic carbocycles. The quantitative estimate of drug-likeness (QED) is 0.604. The number of amides is 1. The van der Waals surface area contributed by atoms with E-state index in [1.54, 1.807) is 24.3 Å². The Morgan fingerprint density at radius 3 is 2.67 bits per heavy atom. The molecule has 6 nitrogen and oxygen atoms in total. The summed E-state index contributed by atoms with van der Waals surface area (Å²) in [5.74, 6) is -1.29. The number of fused-ring (bicyclic) bond motifs is 2. The van der Waals surface area contributed by atoms with Crippen molar-refractivity contribution < 1.29 is 19.1 Å². The van der Waals surface area contributed by atoms with Crippen LogP contribution in [0.25, 0.3) is 22.6 Å². The number of benzene rings is 2. The van der Waals surface area contributed by atoms with Crippen LogP contribution in [0.4, 0.5) is 5.69 Å². The standard InChI is InChI=1S/C23H16ClNO5/c24-18-4-2-1-3-13(18)11-14-5-7-17-22(29)16-8-6-15(12-19(16)30-23(14)17)25-20(26)9-10-21(27)28/h1-4,6,8-12H,5,7H2,(H,25,26)(H,27,28)/b10-9-,14-11?. The third-order valence-electron chi connectivity index (χ3n) is 4.80. The molecule has 3 aromatic rings. The summed E-state index contributed by atoms with van der Waals surface area (Å²) in [7, 11) is 0. The molecule has 0 saturated heterocycles. The maximum Gasteiger partial charge on any atom is 0.328 e. The zero-order valence-corrected chi connectivity index (χ0v) is 16.4. The molecule has 0 spiro atoms. The number of carboxylic acids is 1. The molecule has 0 saturated carbocycles. The lowest BCUT2D eigenvalue weighted by Gasteiger charge is -2.07. The number of carbonyl (C=O) groups is 2. The second-order valence-corrected chi connectivity index (χ2v) is 7.21. The highest BCUT2D eigenvalue weighted by molar-refractivity contribution is 6.32. The molecule has 1 aromatic heterocycles. The minimum atomic E-state index is -1.22. The van der Waals surface area contributed by atoms with Crippen molar-refractivity contribution in [2.24, 2.45) is 0 Å². The Bertz CT molecular complexity index is 1300. The average molecular weight is 422 g/mol. The smallest absolute Gasteiger partial charge is 0.328 e. The first-order chi connectivity index (χ1) is 14.4. The van der Waals surface area contributed by atoms with Gasteiger partial charge in [0.2, 0.25) is 5.91 Å². The van der Waals surface area contributed by atoms with E-state index in [2.05, 4.69) is 5.32 Å². The van der Waals surface area contributed by atoms with Gasteiger partial charge in [-0.2, -0.15) is 0 Å². The number of hydrogen-bond donors (Lipinski definition) is 2. The second kappa shape index (κ2) is 8.00. The van der Waals surface area contributed by atoms with E-state index in [9.17, 15) is 14.4 Å². The summed E-state index contributed by atoms with van der Waals surface area (Å²) in [6, 6.07) is 12.1. The maximum absolute atomic E-state index is 12.9. The third-order valence-corrected chi connectivity index (χ3v) is 5.15. The van der Waals surface area contributed by atoms with Crippen LogP contribution in [-0.2, 0) is 16.0 Å². The fraction of sp³-hybridized carbons (Fsp3) is 0.0870. The molecule has 4 rings (SSSR count). The SMILES string of the molecule is O=C(O)/C=C\C(=O)Nc1ccc2c(=O)c3c(oc2c1)C(=Cc1ccccc1Cl)CC3. The van der Waals surface area contributed by atoms with E-state index in [0.29, 0.717) is 45.8 Å². The van der Waals surface area contributed by atoms with Crippen LogP contribution in [0, 0.1) is 0 Å². The van der Waals surface area contributed by atoms with Gasteiger partial charge < -0.3 is 14.8 Å². The van der Waals surface area contributed by atoms with E-state index >= 15 is 0 Å². The van der Waals surface area contributed by atoms with Crippen LogP contribution in [0.1, 0.15) is 23.3 Å². The van der Waals surface area contributed by atoms with Gasteiger partial charge in [-0.15, -0.1) is 0 Å². The van der Waals surface area contributed by atoms with Crippen LogP contribution in [-0.4, -0.2) is 17.0 Å². The molecule has 0 atom stereocenters. The van der Waals surface area contributed by atoms with Gasteiger partial charge >= 0.3 is 5.97 Å². The molecule has 30 heavy (non-hydrogen) atoms.